The highest BCUT2D eigenvalue weighted by Crippen LogP contribution is 2.28. The van der Waals surface area contributed by atoms with Gasteiger partial charge < -0.3 is 10.8 Å². The molecule has 1 heterocycles. The van der Waals surface area contributed by atoms with Gasteiger partial charge in [0.05, 0.1) is 10.2 Å². The van der Waals surface area contributed by atoms with Crippen molar-refractivity contribution in [3.63, 3.8) is 0 Å². The number of sulfonamides is 1. The molecule has 0 aliphatic carbocycles. The first-order chi connectivity index (χ1) is 8.35. The number of carboxylic acids is 1. The summed E-state index contributed by atoms with van der Waals surface area (Å²) in [5, 5.41) is 8.57. The Bertz CT molecular complexity index is 708. The van der Waals surface area contributed by atoms with Crippen LogP contribution in [-0.2, 0) is 14.8 Å². The maximum absolute atomic E-state index is 11.4. The lowest BCUT2D eigenvalue weighted by Crippen LogP contribution is -2.22. The number of aliphatic carboxylic acids is 1. The minimum Gasteiger partial charge on any atom is -0.480 e. The number of carboxylic acid groups (broad SMARTS) is 1. The van der Waals surface area contributed by atoms with Crippen molar-refractivity contribution in [1.82, 2.24) is 4.98 Å². The molecule has 0 amide bonds. The van der Waals surface area contributed by atoms with E-state index in [0.717, 1.165) is 16.0 Å². The maximum Gasteiger partial charge on any atom is 0.320 e. The monoisotopic (exact) mass is 287 g/mol. The first-order valence-electron chi connectivity index (χ1n) is 4.74. The maximum atomic E-state index is 11.4. The lowest BCUT2D eigenvalue weighted by Gasteiger charge is -2.00. The number of nitrogens with two attached hydrogens (primary N) is 1. The van der Waals surface area contributed by atoms with Crippen LogP contribution >= 0.6 is 11.3 Å². The first kappa shape index (κ1) is 12.6. The number of nitrogens with one attached hydrogen (secondary N) is 1. The van der Waals surface area contributed by atoms with Crippen molar-refractivity contribution in [3.05, 3.63) is 18.2 Å². The zero-order valence-electron chi connectivity index (χ0n) is 8.95. The Hall–Kier alpha value is -1.87. The summed E-state index contributed by atoms with van der Waals surface area (Å²) in [6.07, 6.45) is 0. The van der Waals surface area contributed by atoms with Crippen LogP contribution < -0.4 is 10.5 Å². The zero-order valence-corrected chi connectivity index (χ0v) is 10.6. The number of anilines is 2. The molecule has 0 unspecified atom stereocenters. The number of rotatable bonds is 4. The van der Waals surface area contributed by atoms with E-state index in [1.165, 1.54) is 0 Å². The Kier molecular flexibility index (Phi) is 3.09. The summed E-state index contributed by atoms with van der Waals surface area (Å²) in [6.45, 7) is 0. The Morgan fingerprint density at radius 3 is 2.89 bits per heavy atom. The van der Waals surface area contributed by atoms with Gasteiger partial charge >= 0.3 is 5.97 Å². The van der Waals surface area contributed by atoms with E-state index in [1.54, 1.807) is 18.2 Å². The number of hydrogen-bond donors (Lipinski definition) is 3. The average molecular weight is 287 g/mol. The Labute approximate surface area is 106 Å². The van der Waals surface area contributed by atoms with E-state index in [4.69, 9.17) is 10.8 Å². The van der Waals surface area contributed by atoms with Gasteiger partial charge in [0.15, 0.2) is 10.9 Å². The Morgan fingerprint density at radius 2 is 2.22 bits per heavy atom. The minimum absolute atomic E-state index is 0.122. The molecule has 4 N–H and O–H groups in total. The normalized spacial score (nSPS) is 11.6. The molecule has 0 fully saturated rings. The van der Waals surface area contributed by atoms with Gasteiger partial charge in [0, 0.05) is 5.69 Å². The van der Waals surface area contributed by atoms with Gasteiger partial charge in [-0.15, -0.1) is 0 Å². The molecule has 0 radical (unpaired) electrons. The van der Waals surface area contributed by atoms with Gasteiger partial charge in [-0.25, -0.2) is 13.4 Å². The molecule has 0 saturated carbocycles. The summed E-state index contributed by atoms with van der Waals surface area (Å²) in [5.74, 6) is -2.42. The molecular weight excluding hydrogens is 278 g/mol. The fourth-order valence-electron chi connectivity index (χ4n) is 1.32. The van der Waals surface area contributed by atoms with E-state index in [1.807, 2.05) is 0 Å². The van der Waals surface area contributed by atoms with E-state index < -0.39 is 21.7 Å². The second-order valence-electron chi connectivity index (χ2n) is 3.50. The molecule has 0 aliphatic heterocycles. The third-order valence-corrected chi connectivity index (χ3v) is 4.16. The Morgan fingerprint density at radius 1 is 1.50 bits per heavy atom. The van der Waals surface area contributed by atoms with Crippen molar-refractivity contribution in [2.24, 2.45) is 0 Å². The van der Waals surface area contributed by atoms with Gasteiger partial charge in [-0.05, 0) is 18.2 Å². The number of fused-ring (bicyclic) bond motifs is 1. The van der Waals surface area contributed by atoms with Gasteiger partial charge in [-0.1, -0.05) is 11.3 Å². The van der Waals surface area contributed by atoms with Crippen LogP contribution in [0.15, 0.2) is 18.2 Å². The molecule has 1 aromatic heterocycles. The number of benzene rings is 1. The fraction of sp³-hybridized carbons (Fsp3) is 0.111. The first-order valence-corrected chi connectivity index (χ1v) is 7.21. The minimum atomic E-state index is -3.92. The highest BCUT2D eigenvalue weighted by Gasteiger charge is 2.17. The molecule has 2 aromatic rings. The smallest absolute Gasteiger partial charge is 0.320 e. The molecule has 9 heteroatoms. The summed E-state index contributed by atoms with van der Waals surface area (Å²) in [6, 6.07) is 4.98. The molecule has 0 atom stereocenters. The van der Waals surface area contributed by atoms with E-state index >= 15 is 0 Å². The summed E-state index contributed by atoms with van der Waals surface area (Å²) in [4.78, 5) is 14.4. The van der Waals surface area contributed by atoms with Crippen LogP contribution in [0.5, 0.6) is 0 Å². The molecular formula is C9H9N3O4S2. The van der Waals surface area contributed by atoms with E-state index in [0.29, 0.717) is 11.2 Å². The van der Waals surface area contributed by atoms with Crippen LogP contribution in [0, 0.1) is 0 Å². The largest absolute Gasteiger partial charge is 0.480 e. The highest BCUT2D eigenvalue weighted by atomic mass is 32.2. The van der Waals surface area contributed by atoms with Crippen molar-refractivity contribution in [3.8, 4) is 0 Å². The number of hydrogen-bond acceptors (Lipinski definition) is 6. The van der Waals surface area contributed by atoms with Crippen LogP contribution in [0.25, 0.3) is 10.2 Å². The second kappa shape index (κ2) is 4.42. The van der Waals surface area contributed by atoms with E-state index in [-0.39, 0.29) is 5.13 Å². The lowest BCUT2D eigenvalue weighted by atomic mass is 10.3. The second-order valence-corrected chi connectivity index (χ2v) is 6.25. The van der Waals surface area contributed by atoms with Crippen LogP contribution in [-0.4, -0.2) is 30.2 Å². The van der Waals surface area contributed by atoms with Gasteiger partial charge in [-0.3, -0.25) is 9.52 Å². The molecule has 1 aromatic carbocycles. The Balaban J connectivity index is 2.30. The summed E-state index contributed by atoms with van der Waals surface area (Å²) in [5.41, 5.74) is 6.74. The molecule has 0 saturated heterocycles. The summed E-state index contributed by atoms with van der Waals surface area (Å²) in [7, 11) is -3.92. The van der Waals surface area contributed by atoms with Crippen molar-refractivity contribution in [2.75, 3.05) is 16.2 Å². The van der Waals surface area contributed by atoms with Crippen molar-refractivity contribution in [1.29, 1.82) is 0 Å². The zero-order chi connectivity index (χ0) is 13.3. The molecule has 96 valence electrons. The predicted octanol–water partition coefficient (Wildman–Crippen LogP) is 0.705. The van der Waals surface area contributed by atoms with Gasteiger partial charge in [0.2, 0.25) is 10.0 Å². The number of nitrogens with zero attached hydrogens (tertiary/aromatic N) is 1. The SMILES string of the molecule is Nc1ccc2nc(NS(=O)(=O)CC(=O)O)sc2c1. The van der Waals surface area contributed by atoms with Crippen molar-refractivity contribution >= 4 is 48.4 Å². The molecule has 18 heavy (non-hydrogen) atoms. The van der Waals surface area contributed by atoms with Crippen LogP contribution in [0.4, 0.5) is 10.8 Å². The van der Waals surface area contributed by atoms with E-state index in [9.17, 15) is 13.2 Å². The van der Waals surface area contributed by atoms with Crippen LogP contribution in [0.2, 0.25) is 0 Å². The van der Waals surface area contributed by atoms with Crippen LogP contribution in [0.3, 0.4) is 0 Å². The predicted molar refractivity (Wildman–Crippen MR) is 69.1 cm³/mol. The van der Waals surface area contributed by atoms with Gasteiger partial charge in [-0.2, -0.15) is 0 Å². The quantitative estimate of drug-likeness (QED) is 0.711. The molecule has 0 aliphatic rings. The molecule has 2 rings (SSSR count). The summed E-state index contributed by atoms with van der Waals surface area (Å²) >= 11 is 1.09. The average Bonchev–Trinajstić information content (AvgIpc) is 2.55. The van der Waals surface area contributed by atoms with E-state index in [2.05, 4.69) is 9.71 Å². The standard InChI is InChI=1S/C9H9N3O4S2/c10-5-1-2-6-7(3-5)17-9(11-6)12-18(15,16)4-8(13)14/h1-3H,4,10H2,(H,11,12)(H,13,14). The van der Waals surface area contributed by atoms with Gasteiger partial charge in [0.1, 0.15) is 0 Å². The van der Waals surface area contributed by atoms with Crippen molar-refractivity contribution in [2.45, 2.75) is 0 Å². The molecule has 0 bridgehead atoms. The van der Waals surface area contributed by atoms with Crippen molar-refractivity contribution < 1.29 is 18.3 Å². The fourth-order valence-corrected chi connectivity index (χ4v) is 3.34. The highest BCUT2D eigenvalue weighted by molar-refractivity contribution is 7.93. The molecule has 7 nitrogen and oxygen atoms in total. The third-order valence-electron chi connectivity index (χ3n) is 1.97. The number of aromatic nitrogens is 1. The number of thiazole rings is 1. The number of nitrogen functional groups attached to an aromatic ring is 1. The molecule has 0 spiro atoms. The topological polar surface area (TPSA) is 122 Å². The van der Waals surface area contributed by atoms with Gasteiger partial charge in [0.25, 0.3) is 0 Å². The summed E-state index contributed by atoms with van der Waals surface area (Å²) < 4.78 is 25.6. The third kappa shape index (κ3) is 2.87. The lowest BCUT2D eigenvalue weighted by molar-refractivity contribution is -0.134. The number of carbonyl (C=O) groups is 1. The van der Waals surface area contributed by atoms with Crippen LogP contribution in [0.1, 0.15) is 0 Å².